The fraction of sp³-hybridized carbons (Fsp3) is 0.444. The summed E-state index contributed by atoms with van der Waals surface area (Å²) in [6.45, 7) is 3.63. The van der Waals surface area contributed by atoms with Crippen LogP contribution in [0.25, 0.3) is 22.4 Å². The molecule has 3 aromatic rings. The Morgan fingerprint density at radius 1 is 1.11 bits per heavy atom. The Balaban J connectivity index is 1.38. The highest BCUT2D eigenvalue weighted by Gasteiger charge is 2.46. The van der Waals surface area contributed by atoms with Crippen molar-refractivity contribution in [3.63, 3.8) is 0 Å². The van der Waals surface area contributed by atoms with Crippen LogP contribution in [0.4, 0.5) is 14.6 Å². The van der Waals surface area contributed by atoms with Gasteiger partial charge >= 0.3 is 0 Å². The Labute approximate surface area is 208 Å². The van der Waals surface area contributed by atoms with Gasteiger partial charge in [-0.2, -0.15) is 0 Å². The number of halogens is 2. The van der Waals surface area contributed by atoms with E-state index in [1.165, 1.54) is 30.8 Å². The predicted molar refractivity (Wildman–Crippen MR) is 135 cm³/mol. The van der Waals surface area contributed by atoms with Crippen molar-refractivity contribution in [1.29, 1.82) is 0 Å². The number of rotatable bonds is 5. The minimum absolute atomic E-state index is 0.0436. The molecule has 2 saturated heterocycles. The van der Waals surface area contributed by atoms with Crippen LogP contribution in [0.3, 0.4) is 0 Å². The van der Waals surface area contributed by atoms with Crippen LogP contribution >= 0.6 is 0 Å². The normalized spacial score (nSPS) is 25.5. The average molecular weight is 496 g/mol. The highest BCUT2D eigenvalue weighted by atomic mass is 19.1. The van der Waals surface area contributed by atoms with Crippen LogP contribution in [0.2, 0.25) is 0 Å². The molecule has 0 saturated carbocycles. The number of aromatic nitrogens is 3. The zero-order valence-electron chi connectivity index (χ0n) is 20.8. The van der Waals surface area contributed by atoms with E-state index < -0.39 is 18.2 Å². The Kier molecular flexibility index (Phi) is 6.06. The first-order valence-electron chi connectivity index (χ1n) is 12.3. The smallest absolute Gasteiger partial charge is 0.253 e. The fourth-order valence-corrected chi connectivity index (χ4v) is 6.02. The van der Waals surface area contributed by atoms with Gasteiger partial charge in [0, 0.05) is 47.6 Å². The number of alkyl halides is 1. The number of anilines is 1. The molecule has 2 N–H and O–H groups in total. The van der Waals surface area contributed by atoms with Crippen LogP contribution in [-0.2, 0) is 6.80 Å². The average Bonchev–Trinajstić information content (AvgIpc) is 2.83. The Bertz CT molecular complexity index is 1330. The molecule has 3 atom stereocenters. The van der Waals surface area contributed by atoms with Crippen LogP contribution in [-0.4, -0.2) is 44.0 Å². The third-order valence-corrected chi connectivity index (χ3v) is 7.79. The highest BCUT2D eigenvalue weighted by molar-refractivity contribution is 5.74. The van der Waals surface area contributed by atoms with E-state index in [0.29, 0.717) is 11.7 Å². The monoisotopic (exact) mass is 495 g/mol. The number of benzene rings is 1. The van der Waals surface area contributed by atoms with Crippen LogP contribution in [0.1, 0.15) is 46.0 Å². The number of aromatic hydroxyl groups is 1. The maximum Gasteiger partial charge on any atom is 0.253 e. The molecule has 0 amide bonds. The van der Waals surface area contributed by atoms with E-state index in [-0.39, 0.29) is 33.5 Å². The van der Waals surface area contributed by atoms with Crippen molar-refractivity contribution in [1.82, 2.24) is 20.1 Å². The van der Waals surface area contributed by atoms with Crippen molar-refractivity contribution in [3.8, 4) is 28.1 Å². The van der Waals surface area contributed by atoms with Crippen molar-refractivity contribution in [3.05, 3.63) is 58.8 Å². The third kappa shape index (κ3) is 4.48. The number of hydrogen-bond acceptors (Lipinski definition) is 6. The number of pyridine rings is 1. The zero-order valence-corrected chi connectivity index (χ0v) is 20.8. The van der Waals surface area contributed by atoms with Gasteiger partial charge in [-0.3, -0.25) is 9.36 Å². The van der Waals surface area contributed by atoms with Gasteiger partial charge in [0.1, 0.15) is 11.6 Å². The molecule has 0 spiro atoms. The lowest BCUT2D eigenvalue weighted by atomic mass is 9.69. The topological polar surface area (TPSA) is 83.3 Å². The van der Waals surface area contributed by atoms with E-state index in [0.717, 1.165) is 42.1 Å². The van der Waals surface area contributed by atoms with E-state index in [9.17, 15) is 18.7 Å². The van der Waals surface area contributed by atoms with Gasteiger partial charge < -0.3 is 15.3 Å². The lowest BCUT2D eigenvalue weighted by Crippen LogP contribution is -2.66. The molecule has 0 radical (unpaired) electrons. The summed E-state index contributed by atoms with van der Waals surface area (Å²) in [5.41, 5.74) is 0.462. The molecule has 1 aromatic carbocycles. The summed E-state index contributed by atoms with van der Waals surface area (Å²) in [5, 5.41) is 23.2. The van der Waals surface area contributed by atoms with Gasteiger partial charge in [-0.1, -0.05) is 0 Å². The minimum atomic E-state index is -0.966. The number of phenolic OH excluding ortho intramolecular Hbond substituents is 1. The van der Waals surface area contributed by atoms with E-state index in [2.05, 4.69) is 34.3 Å². The van der Waals surface area contributed by atoms with Gasteiger partial charge in [0.15, 0.2) is 12.6 Å². The van der Waals surface area contributed by atoms with Gasteiger partial charge in [0.2, 0.25) is 0 Å². The Hall–Kier alpha value is -3.33. The lowest BCUT2D eigenvalue weighted by Gasteiger charge is -2.55. The zero-order chi connectivity index (χ0) is 25.7. The first kappa shape index (κ1) is 24.4. The summed E-state index contributed by atoms with van der Waals surface area (Å²) in [6, 6.07) is 8.87. The minimum Gasteiger partial charge on any atom is -0.507 e. The van der Waals surface area contributed by atoms with Gasteiger partial charge in [-0.25, -0.2) is 8.78 Å². The lowest BCUT2D eigenvalue weighted by molar-refractivity contribution is 0.0784. The Morgan fingerprint density at radius 3 is 2.44 bits per heavy atom. The van der Waals surface area contributed by atoms with Gasteiger partial charge in [0.25, 0.3) is 5.56 Å². The SMILES string of the molecule is CN(c1ccc(-c2cc(F)c(-c3ccn(CF)c(=O)c3)cc2O)nn1)C1C[C@]2(C)CCC[C@](C)(C1)N2. The maximum absolute atomic E-state index is 15.0. The van der Waals surface area contributed by atoms with Crippen molar-refractivity contribution < 1.29 is 13.9 Å². The molecular weight excluding hydrogens is 464 g/mol. The molecular formula is C27H31F2N5O2. The maximum atomic E-state index is 15.0. The van der Waals surface area contributed by atoms with E-state index in [1.54, 1.807) is 6.07 Å². The molecule has 2 bridgehead atoms. The van der Waals surface area contributed by atoms with Crippen LogP contribution in [0.5, 0.6) is 5.75 Å². The number of nitrogens with one attached hydrogen (secondary N) is 1. The molecule has 7 nitrogen and oxygen atoms in total. The Morgan fingerprint density at radius 2 is 1.83 bits per heavy atom. The molecule has 190 valence electrons. The second-order valence-electron chi connectivity index (χ2n) is 10.7. The van der Waals surface area contributed by atoms with E-state index >= 15 is 0 Å². The van der Waals surface area contributed by atoms with Crippen molar-refractivity contribution in [2.24, 2.45) is 0 Å². The molecule has 0 aliphatic carbocycles. The largest absolute Gasteiger partial charge is 0.507 e. The summed E-state index contributed by atoms with van der Waals surface area (Å²) in [7, 11) is 2.03. The third-order valence-electron chi connectivity index (χ3n) is 7.79. The molecule has 2 fully saturated rings. The number of hydrogen-bond donors (Lipinski definition) is 2. The molecule has 5 rings (SSSR count). The second-order valence-corrected chi connectivity index (χ2v) is 10.7. The van der Waals surface area contributed by atoms with Crippen LogP contribution in [0, 0.1) is 5.82 Å². The molecule has 36 heavy (non-hydrogen) atoms. The summed E-state index contributed by atoms with van der Waals surface area (Å²) >= 11 is 0. The quantitative estimate of drug-likeness (QED) is 0.537. The number of phenols is 1. The van der Waals surface area contributed by atoms with Gasteiger partial charge in [-0.15, -0.1) is 10.2 Å². The first-order valence-corrected chi connectivity index (χ1v) is 12.3. The summed E-state index contributed by atoms with van der Waals surface area (Å²) in [5.74, 6) is -0.102. The number of nitrogens with zero attached hydrogens (tertiary/aromatic N) is 4. The van der Waals surface area contributed by atoms with Gasteiger partial charge in [-0.05, 0) is 81.8 Å². The van der Waals surface area contributed by atoms with Crippen molar-refractivity contribution in [2.75, 3.05) is 11.9 Å². The van der Waals surface area contributed by atoms with Crippen LogP contribution in [0.15, 0.2) is 47.4 Å². The van der Waals surface area contributed by atoms with Crippen molar-refractivity contribution in [2.45, 2.75) is 69.9 Å². The molecule has 9 heteroatoms. The molecule has 4 heterocycles. The summed E-state index contributed by atoms with van der Waals surface area (Å²) in [4.78, 5) is 14.1. The molecule has 2 aliphatic rings. The molecule has 1 unspecified atom stereocenters. The van der Waals surface area contributed by atoms with Crippen LogP contribution < -0.4 is 15.8 Å². The standard InChI is InChI=1S/C27H31F2N5O2/c1-26-8-4-9-27(2,32-26)15-18(14-26)33(3)24-6-5-22(30-31-24)20-12-21(29)19(13-23(20)35)17-7-10-34(16-28)25(36)11-17/h5-7,10-13,18,32,35H,4,8-9,14-16H2,1-3H3/t18?,26-,27+. The van der Waals surface area contributed by atoms with E-state index in [1.807, 2.05) is 13.1 Å². The van der Waals surface area contributed by atoms with E-state index in [4.69, 9.17) is 0 Å². The summed E-state index contributed by atoms with van der Waals surface area (Å²) < 4.78 is 28.7. The fourth-order valence-electron chi connectivity index (χ4n) is 6.02. The summed E-state index contributed by atoms with van der Waals surface area (Å²) in [6.07, 6.45) is 6.85. The highest BCUT2D eigenvalue weighted by Crippen LogP contribution is 2.42. The van der Waals surface area contributed by atoms with Crippen molar-refractivity contribution >= 4 is 5.82 Å². The second kappa shape index (κ2) is 8.96. The first-order chi connectivity index (χ1) is 17.1. The predicted octanol–water partition coefficient (Wildman–Crippen LogP) is 4.63. The molecule has 2 aliphatic heterocycles. The number of piperidine rings is 2. The number of fused-ring (bicyclic) bond motifs is 2. The molecule has 2 aromatic heterocycles. The van der Waals surface area contributed by atoms with Gasteiger partial charge in [0.05, 0.1) is 5.69 Å².